The monoisotopic (exact) mass is 474 g/mol. The van der Waals surface area contributed by atoms with E-state index in [0.717, 1.165) is 0 Å². The minimum Gasteiger partial charge on any atom is -0.346 e. The van der Waals surface area contributed by atoms with Crippen molar-refractivity contribution >= 4 is 51.3 Å². The average Bonchev–Trinajstić information content (AvgIpc) is 3.27. The summed E-state index contributed by atoms with van der Waals surface area (Å²) in [7, 11) is -3.81. The van der Waals surface area contributed by atoms with E-state index in [9.17, 15) is 23.4 Å². The number of halogens is 3. The zero-order valence-electron chi connectivity index (χ0n) is 13.0. The Bertz CT molecular complexity index is 1100. The highest BCUT2D eigenvalue weighted by Crippen LogP contribution is 2.54. The topological polar surface area (TPSA) is 132 Å². The Kier molecular flexibility index (Phi) is 5.30. The maximum atomic E-state index is 14.0. The summed E-state index contributed by atoms with van der Waals surface area (Å²) in [5.41, 5.74) is -3.43. The van der Waals surface area contributed by atoms with Crippen LogP contribution < -0.4 is 5.32 Å². The number of H-pyrrole nitrogens is 1. The zero-order valence-corrected chi connectivity index (χ0v) is 16.3. The lowest BCUT2D eigenvalue weighted by Crippen LogP contribution is -2.23. The Labute approximate surface area is 163 Å². The molecule has 0 fully saturated rings. The summed E-state index contributed by atoms with van der Waals surface area (Å²) < 4.78 is 39.1. The number of nitrogens with zero attached hydrogens (tertiary/aromatic N) is 3. The molecule has 0 bridgehead atoms. The molecule has 0 aliphatic rings. The molecule has 0 saturated heterocycles. The van der Waals surface area contributed by atoms with Gasteiger partial charge >= 0.3 is 13.7 Å². The SMILES string of the molecule is N#Cc1cc(C(=O)NCc2cn[nH]n2)cc2c(Br)c(C(F)(F)[P+](=O)O)sc12. The number of hydrogen-bond acceptors (Lipinski definition) is 6. The van der Waals surface area contributed by atoms with Gasteiger partial charge in [0.2, 0.25) is 0 Å². The van der Waals surface area contributed by atoms with E-state index in [4.69, 9.17) is 4.89 Å². The molecule has 1 aromatic carbocycles. The third-order valence-electron chi connectivity index (χ3n) is 3.52. The Morgan fingerprint density at radius 2 is 2.26 bits per heavy atom. The smallest absolute Gasteiger partial charge is 0.346 e. The number of carbonyl (C=O) groups excluding carboxylic acids is 1. The van der Waals surface area contributed by atoms with Gasteiger partial charge in [-0.2, -0.15) is 25.6 Å². The molecular weight excluding hydrogens is 467 g/mol. The number of thiophene rings is 1. The highest BCUT2D eigenvalue weighted by Gasteiger charge is 2.56. The minimum absolute atomic E-state index is 0.00000247. The average molecular weight is 475 g/mol. The van der Waals surface area contributed by atoms with Crippen LogP contribution in [0.3, 0.4) is 0 Å². The lowest BCUT2D eigenvalue weighted by Gasteiger charge is -2.05. The van der Waals surface area contributed by atoms with Crippen LogP contribution in [0.15, 0.2) is 22.8 Å². The number of nitriles is 1. The summed E-state index contributed by atoms with van der Waals surface area (Å²) in [5, 5.41) is 21.9. The van der Waals surface area contributed by atoms with E-state index in [1.54, 1.807) is 0 Å². The minimum atomic E-state index is -3.99. The van der Waals surface area contributed by atoms with Gasteiger partial charge in [-0.1, -0.05) is 0 Å². The Morgan fingerprint density at radius 3 is 2.85 bits per heavy atom. The lowest BCUT2D eigenvalue weighted by atomic mass is 10.1. The van der Waals surface area contributed by atoms with E-state index in [2.05, 4.69) is 36.7 Å². The van der Waals surface area contributed by atoms with Gasteiger partial charge in [0, 0.05) is 10.9 Å². The predicted octanol–water partition coefficient (Wildman–Crippen LogP) is 3.37. The molecule has 0 aliphatic heterocycles. The van der Waals surface area contributed by atoms with Crippen LogP contribution in [-0.2, 0) is 16.8 Å². The van der Waals surface area contributed by atoms with Gasteiger partial charge in [0.25, 0.3) is 5.91 Å². The second kappa shape index (κ2) is 7.36. The maximum Gasteiger partial charge on any atom is 0.590 e. The van der Waals surface area contributed by atoms with Crippen LogP contribution in [0.2, 0.25) is 0 Å². The van der Waals surface area contributed by atoms with E-state index in [1.807, 2.05) is 6.07 Å². The van der Waals surface area contributed by atoms with Gasteiger partial charge in [-0.05, 0) is 32.6 Å². The quantitative estimate of drug-likeness (QED) is 0.485. The molecule has 2 aromatic heterocycles. The van der Waals surface area contributed by atoms with Crippen LogP contribution in [0.4, 0.5) is 8.78 Å². The van der Waals surface area contributed by atoms with Gasteiger partial charge in [-0.15, -0.1) is 20.1 Å². The van der Waals surface area contributed by atoms with Crippen molar-refractivity contribution in [3.8, 4) is 6.07 Å². The first kappa shape index (κ1) is 19.4. The summed E-state index contributed by atoms with van der Waals surface area (Å²) >= 11 is 3.53. The Morgan fingerprint density at radius 1 is 1.52 bits per heavy atom. The van der Waals surface area contributed by atoms with Crippen LogP contribution in [0.1, 0.15) is 26.5 Å². The number of fused-ring (bicyclic) bond motifs is 1. The molecule has 0 spiro atoms. The predicted molar refractivity (Wildman–Crippen MR) is 95.5 cm³/mol. The van der Waals surface area contributed by atoms with Crippen LogP contribution in [0.25, 0.3) is 10.1 Å². The first-order chi connectivity index (χ1) is 12.8. The zero-order chi connectivity index (χ0) is 19.8. The fourth-order valence-corrected chi connectivity index (χ4v) is 5.01. The number of carbonyl (C=O) groups is 1. The van der Waals surface area contributed by atoms with Gasteiger partial charge in [-0.3, -0.25) is 4.79 Å². The standard InChI is InChI=1S/C14H7BrF2N5O3PS/c15-10-9-2-6(13(23)19-4-8-5-20-22-21-8)1-7(3-18)11(9)27-12(10)14(16,17)26(24)25/h1-2,5H,4H2,(H2-,19,20,21,22,23,24,25)/p+1. The van der Waals surface area contributed by atoms with Gasteiger partial charge in [0.15, 0.2) is 0 Å². The van der Waals surface area contributed by atoms with Crippen molar-refractivity contribution < 1.29 is 23.0 Å². The van der Waals surface area contributed by atoms with Crippen molar-refractivity contribution in [1.82, 2.24) is 20.7 Å². The number of benzene rings is 1. The summed E-state index contributed by atoms with van der Waals surface area (Å²) in [6, 6.07) is 4.46. The first-order valence-electron chi connectivity index (χ1n) is 7.09. The normalized spacial score (nSPS) is 12.0. The molecular formula is C14H8BrF2N5O3PS+. The lowest BCUT2D eigenvalue weighted by molar-refractivity contribution is 0.0849. The summed E-state index contributed by atoms with van der Waals surface area (Å²) in [4.78, 5) is 20.6. The van der Waals surface area contributed by atoms with Crippen LogP contribution >= 0.6 is 35.3 Å². The number of hydrogen-bond donors (Lipinski definition) is 3. The molecule has 0 saturated carbocycles. The van der Waals surface area contributed by atoms with Crippen molar-refractivity contribution in [2.24, 2.45) is 0 Å². The molecule has 1 amide bonds. The summed E-state index contributed by atoms with van der Waals surface area (Å²) in [5.74, 6) is -0.545. The van der Waals surface area contributed by atoms with Gasteiger partial charge in [0.05, 0.1) is 27.5 Å². The number of amides is 1. The molecule has 1 atom stereocenters. The van der Waals surface area contributed by atoms with Gasteiger partial charge < -0.3 is 5.32 Å². The second-order valence-corrected chi connectivity index (χ2v) is 8.14. The van der Waals surface area contributed by atoms with Crippen molar-refractivity contribution in [3.05, 3.63) is 44.5 Å². The molecule has 13 heteroatoms. The van der Waals surface area contributed by atoms with Crippen LogP contribution in [-0.4, -0.2) is 26.2 Å². The van der Waals surface area contributed by atoms with Gasteiger partial charge in [-0.25, -0.2) is 0 Å². The summed E-state index contributed by atoms with van der Waals surface area (Å²) in [6.45, 7) is 0.0778. The molecule has 0 aliphatic carbocycles. The number of aromatic amines is 1. The highest BCUT2D eigenvalue weighted by molar-refractivity contribution is 9.10. The van der Waals surface area contributed by atoms with Crippen molar-refractivity contribution in [3.63, 3.8) is 0 Å². The number of nitrogens with one attached hydrogen (secondary N) is 2. The Balaban J connectivity index is 2.04. The second-order valence-electron chi connectivity index (χ2n) is 5.22. The number of alkyl halides is 2. The van der Waals surface area contributed by atoms with Crippen LogP contribution in [0, 0.1) is 11.3 Å². The third kappa shape index (κ3) is 3.59. The van der Waals surface area contributed by atoms with Gasteiger partial charge in [0.1, 0.15) is 16.6 Å². The molecule has 138 valence electrons. The van der Waals surface area contributed by atoms with E-state index < -0.39 is 24.5 Å². The molecule has 1 unspecified atom stereocenters. The fraction of sp³-hybridized carbons (Fsp3) is 0.143. The number of rotatable bonds is 5. The molecule has 2 heterocycles. The third-order valence-corrected chi connectivity index (χ3v) is 6.77. The van der Waals surface area contributed by atoms with E-state index in [1.165, 1.54) is 18.3 Å². The molecule has 3 aromatic rings. The fourth-order valence-electron chi connectivity index (χ4n) is 2.25. The Hall–Kier alpha value is -2.32. The molecule has 8 nitrogen and oxygen atoms in total. The van der Waals surface area contributed by atoms with Crippen molar-refractivity contribution in [1.29, 1.82) is 5.26 Å². The maximum absolute atomic E-state index is 14.0. The van der Waals surface area contributed by atoms with E-state index >= 15 is 0 Å². The molecule has 27 heavy (non-hydrogen) atoms. The highest BCUT2D eigenvalue weighted by atomic mass is 79.9. The van der Waals surface area contributed by atoms with E-state index in [0.29, 0.717) is 17.0 Å². The molecule has 3 rings (SSSR count). The van der Waals surface area contributed by atoms with Crippen LogP contribution in [0.5, 0.6) is 0 Å². The molecule has 3 N–H and O–H groups in total. The summed E-state index contributed by atoms with van der Waals surface area (Å²) in [6.07, 6.45) is 1.42. The molecule has 0 radical (unpaired) electrons. The largest absolute Gasteiger partial charge is 0.590 e. The number of aromatic nitrogens is 3. The van der Waals surface area contributed by atoms with Crippen molar-refractivity contribution in [2.45, 2.75) is 12.2 Å². The first-order valence-corrected chi connectivity index (χ1v) is 9.91. The van der Waals surface area contributed by atoms with E-state index in [-0.39, 0.29) is 32.2 Å². The van der Waals surface area contributed by atoms with Crippen molar-refractivity contribution in [2.75, 3.05) is 0 Å².